The van der Waals surface area contributed by atoms with Crippen LogP contribution in [0.15, 0.2) is 64.5 Å². The predicted octanol–water partition coefficient (Wildman–Crippen LogP) is 4.10. The maximum atomic E-state index is 12.7. The van der Waals surface area contributed by atoms with Crippen molar-refractivity contribution in [2.24, 2.45) is 0 Å². The number of phenols is 1. The molecule has 3 rings (SSSR count). The number of anilines is 2. The second-order valence-corrected chi connectivity index (χ2v) is 8.41. The molecule has 0 unspecified atom stereocenters. The van der Waals surface area contributed by atoms with Crippen molar-refractivity contribution in [3.8, 4) is 5.75 Å². The van der Waals surface area contributed by atoms with Gasteiger partial charge in [-0.15, -0.1) is 0 Å². The fourth-order valence-corrected chi connectivity index (χ4v) is 4.98. The number of aromatic nitrogens is 1. The van der Waals surface area contributed by atoms with Crippen molar-refractivity contribution in [1.82, 2.24) is 4.98 Å². The first-order valence-electron chi connectivity index (χ1n) is 6.89. The molecule has 5 nitrogen and oxygen atoms in total. The van der Waals surface area contributed by atoms with Crippen LogP contribution in [-0.2, 0) is 9.84 Å². The predicted molar refractivity (Wildman–Crippen MR) is 95.2 cm³/mol. The molecule has 0 fully saturated rings. The standard InChI is InChI=1S/C16H13ClN2O3S2/c1-19(11-7-9-12(20)10-8-11)16-18-15(14(17)23-16)24(21,22)13-5-3-2-4-6-13/h2-10,20H,1H3. The van der Waals surface area contributed by atoms with Crippen LogP contribution >= 0.6 is 22.9 Å². The molecule has 0 spiro atoms. The summed E-state index contributed by atoms with van der Waals surface area (Å²) in [6.45, 7) is 0. The minimum atomic E-state index is -3.77. The van der Waals surface area contributed by atoms with Gasteiger partial charge in [0.05, 0.1) is 4.90 Å². The van der Waals surface area contributed by atoms with Gasteiger partial charge in [-0.2, -0.15) is 0 Å². The second-order valence-electron chi connectivity index (χ2n) is 4.97. The molecule has 3 aromatic rings. The Morgan fingerprint density at radius 2 is 1.71 bits per heavy atom. The molecule has 0 aliphatic carbocycles. The summed E-state index contributed by atoms with van der Waals surface area (Å²) in [5.41, 5.74) is 0.752. The first kappa shape index (κ1) is 16.8. The molecule has 0 bridgehead atoms. The van der Waals surface area contributed by atoms with Gasteiger partial charge in [-0.05, 0) is 36.4 Å². The Balaban J connectivity index is 2.00. The number of rotatable bonds is 4. The summed E-state index contributed by atoms with van der Waals surface area (Å²) in [6.07, 6.45) is 0. The molecule has 24 heavy (non-hydrogen) atoms. The van der Waals surface area contributed by atoms with Gasteiger partial charge in [0, 0.05) is 12.7 Å². The van der Waals surface area contributed by atoms with E-state index in [-0.39, 0.29) is 20.0 Å². The van der Waals surface area contributed by atoms with Crippen LogP contribution in [0.2, 0.25) is 4.34 Å². The fourth-order valence-electron chi connectivity index (χ4n) is 2.08. The number of hydrogen-bond acceptors (Lipinski definition) is 6. The third-order valence-electron chi connectivity index (χ3n) is 3.38. The van der Waals surface area contributed by atoms with Gasteiger partial charge in [0.25, 0.3) is 0 Å². The third kappa shape index (κ3) is 3.10. The molecule has 0 aliphatic rings. The van der Waals surface area contributed by atoms with Crippen molar-refractivity contribution in [1.29, 1.82) is 0 Å². The van der Waals surface area contributed by atoms with E-state index in [0.717, 1.165) is 17.0 Å². The Bertz CT molecular complexity index is 955. The summed E-state index contributed by atoms with van der Waals surface area (Å²) in [5, 5.41) is 9.65. The lowest BCUT2D eigenvalue weighted by atomic mass is 10.3. The van der Waals surface area contributed by atoms with Gasteiger partial charge in [0.15, 0.2) is 10.2 Å². The maximum Gasteiger partial charge on any atom is 0.226 e. The summed E-state index contributed by atoms with van der Waals surface area (Å²) < 4.78 is 25.5. The number of benzene rings is 2. The normalized spacial score (nSPS) is 11.4. The Hall–Kier alpha value is -2.09. The van der Waals surface area contributed by atoms with Crippen molar-refractivity contribution >= 4 is 43.6 Å². The zero-order valence-electron chi connectivity index (χ0n) is 12.5. The zero-order chi connectivity index (χ0) is 17.3. The molecule has 0 radical (unpaired) electrons. The number of thiazole rings is 1. The topological polar surface area (TPSA) is 70.5 Å². The van der Waals surface area contributed by atoms with Crippen molar-refractivity contribution in [2.45, 2.75) is 9.92 Å². The lowest BCUT2D eigenvalue weighted by Gasteiger charge is -2.15. The largest absolute Gasteiger partial charge is 0.508 e. The van der Waals surface area contributed by atoms with Gasteiger partial charge in [0.2, 0.25) is 9.84 Å². The van der Waals surface area contributed by atoms with Crippen LogP contribution in [0.1, 0.15) is 0 Å². The average molecular weight is 381 g/mol. The van der Waals surface area contributed by atoms with Crippen LogP contribution in [0.25, 0.3) is 0 Å². The van der Waals surface area contributed by atoms with Gasteiger partial charge < -0.3 is 10.0 Å². The third-order valence-corrected chi connectivity index (χ3v) is 6.65. The second kappa shape index (κ2) is 6.43. The summed E-state index contributed by atoms with van der Waals surface area (Å²) in [4.78, 5) is 6.08. The molecule has 1 aromatic heterocycles. The summed E-state index contributed by atoms with van der Waals surface area (Å²) in [7, 11) is -2.02. The van der Waals surface area contributed by atoms with E-state index in [2.05, 4.69) is 4.98 Å². The Labute approximate surface area is 148 Å². The van der Waals surface area contributed by atoms with E-state index in [0.29, 0.717) is 5.13 Å². The highest BCUT2D eigenvalue weighted by Gasteiger charge is 2.26. The molecule has 0 saturated carbocycles. The summed E-state index contributed by atoms with van der Waals surface area (Å²) in [6, 6.07) is 14.6. The van der Waals surface area contributed by atoms with Crippen LogP contribution < -0.4 is 4.90 Å². The maximum absolute atomic E-state index is 12.7. The van der Waals surface area contributed by atoms with Crippen LogP contribution in [-0.4, -0.2) is 25.6 Å². The van der Waals surface area contributed by atoms with E-state index < -0.39 is 9.84 Å². The first-order chi connectivity index (χ1) is 11.4. The fraction of sp³-hybridized carbons (Fsp3) is 0.0625. The highest BCUT2D eigenvalue weighted by Crippen LogP contribution is 2.38. The van der Waals surface area contributed by atoms with Crippen molar-refractivity contribution < 1.29 is 13.5 Å². The van der Waals surface area contributed by atoms with Crippen molar-refractivity contribution in [3.63, 3.8) is 0 Å². The van der Waals surface area contributed by atoms with E-state index in [1.54, 1.807) is 54.4 Å². The van der Waals surface area contributed by atoms with E-state index in [4.69, 9.17) is 11.6 Å². The molecule has 124 valence electrons. The molecule has 0 amide bonds. The SMILES string of the molecule is CN(c1ccc(O)cc1)c1nc(S(=O)(=O)c2ccccc2)c(Cl)s1. The lowest BCUT2D eigenvalue weighted by Crippen LogP contribution is -2.10. The number of hydrogen-bond donors (Lipinski definition) is 1. The quantitative estimate of drug-likeness (QED) is 0.737. The lowest BCUT2D eigenvalue weighted by molar-refractivity contribution is 0.475. The van der Waals surface area contributed by atoms with Gasteiger partial charge in [0.1, 0.15) is 10.1 Å². The number of aromatic hydroxyl groups is 1. The van der Waals surface area contributed by atoms with Crippen LogP contribution in [0, 0.1) is 0 Å². The van der Waals surface area contributed by atoms with Gasteiger partial charge in [-0.1, -0.05) is 41.1 Å². The van der Waals surface area contributed by atoms with Crippen molar-refractivity contribution in [3.05, 3.63) is 58.9 Å². The van der Waals surface area contributed by atoms with Crippen molar-refractivity contribution in [2.75, 3.05) is 11.9 Å². The molecule has 1 heterocycles. The number of phenolic OH excluding ortho intramolecular Hbond substituents is 1. The minimum absolute atomic E-state index is 0.111. The minimum Gasteiger partial charge on any atom is -0.508 e. The van der Waals surface area contributed by atoms with Gasteiger partial charge in [-0.25, -0.2) is 13.4 Å². The summed E-state index contributed by atoms with van der Waals surface area (Å²) >= 11 is 7.23. The average Bonchev–Trinajstić information content (AvgIpc) is 2.98. The monoisotopic (exact) mass is 380 g/mol. The van der Waals surface area contributed by atoms with Gasteiger partial charge >= 0.3 is 0 Å². The number of sulfone groups is 1. The Morgan fingerprint density at radius 1 is 1.08 bits per heavy atom. The van der Waals surface area contributed by atoms with Crippen LogP contribution in [0.5, 0.6) is 5.75 Å². The molecule has 8 heteroatoms. The molecule has 1 N–H and O–H groups in total. The zero-order valence-corrected chi connectivity index (χ0v) is 14.9. The first-order valence-corrected chi connectivity index (χ1v) is 9.56. The number of nitrogens with zero attached hydrogens (tertiary/aromatic N) is 2. The van der Waals surface area contributed by atoms with Gasteiger partial charge in [-0.3, -0.25) is 0 Å². The van der Waals surface area contributed by atoms with E-state index in [1.165, 1.54) is 12.1 Å². The summed E-state index contributed by atoms with van der Waals surface area (Å²) in [5.74, 6) is 0.150. The van der Waals surface area contributed by atoms with E-state index in [1.807, 2.05) is 0 Å². The van der Waals surface area contributed by atoms with Crippen LogP contribution in [0.3, 0.4) is 0 Å². The Morgan fingerprint density at radius 3 is 2.33 bits per heavy atom. The highest BCUT2D eigenvalue weighted by atomic mass is 35.5. The Kier molecular flexibility index (Phi) is 4.49. The smallest absolute Gasteiger partial charge is 0.226 e. The molecule has 0 aliphatic heterocycles. The molecular weight excluding hydrogens is 368 g/mol. The molecular formula is C16H13ClN2O3S2. The number of halogens is 1. The highest BCUT2D eigenvalue weighted by molar-refractivity contribution is 7.91. The molecule has 0 atom stereocenters. The molecule has 0 saturated heterocycles. The van der Waals surface area contributed by atoms with E-state index in [9.17, 15) is 13.5 Å². The van der Waals surface area contributed by atoms with Crippen LogP contribution in [0.4, 0.5) is 10.8 Å². The van der Waals surface area contributed by atoms with E-state index >= 15 is 0 Å². The molecule has 2 aromatic carbocycles.